The summed E-state index contributed by atoms with van der Waals surface area (Å²) in [5, 5.41) is 5.25. The fraction of sp³-hybridized carbons (Fsp3) is 0.833. The molecule has 0 aromatic heterocycles. The van der Waals surface area contributed by atoms with Crippen molar-refractivity contribution in [3.8, 4) is 0 Å². The summed E-state index contributed by atoms with van der Waals surface area (Å²) >= 11 is 0. The Hall–Kier alpha value is -0.840. The minimum atomic E-state index is -1.23. The van der Waals surface area contributed by atoms with Crippen molar-refractivity contribution in [1.82, 2.24) is 10.6 Å². The molecule has 0 spiro atoms. The SMILES string of the molecule is O=C1NC2COC(F)CC2N1. The van der Waals surface area contributed by atoms with Crippen LogP contribution in [0.15, 0.2) is 0 Å². The highest BCUT2D eigenvalue weighted by atomic mass is 19.1. The van der Waals surface area contributed by atoms with Crippen LogP contribution >= 0.6 is 0 Å². The van der Waals surface area contributed by atoms with Gasteiger partial charge in [0, 0.05) is 6.42 Å². The first-order valence-corrected chi connectivity index (χ1v) is 3.58. The molecule has 0 radical (unpaired) electrons. The zero-order valence-electron chi connectivity index (χ0n) is 5.84. The van der Waals surface area contributed by atoms with Crippen molar-refractivity contribution in [3.05, 3.63) is 0 Å². The number of amides is 2. The first kappa shape index (κ1) is 6.84. The third-order valence-corrected chi connectivity index (χ3v) is 2.01. The number of hydrogen-bond acceptors (Lipinski definition) is 2. The number of carbonyl (C=O) groups excluding carboxylic acids is 1. The van der Waals surface area contributed by atoms with Crippen LogP contribution in [-0.2, 0) is 4.74 Å². The molecule has 4 nitrogen and oxygen atoms in total. The summed E-state index contributed by atoms with van der Waals surface area (Å²) in [7, 11) is 0. The quantitative estimate of drug-likeness (QED) is 0.513. The zero-order valence-corrected chi connectivity index (χ0v) is 5.84. The van der Waals surface area contributed by atoms with Gasteiger partial charge in [-0.2, -0.15) is 0 Å². The highest BCUT2D eigenvalue weighted by Gasteiger charge is 2.37. The van der Waals surface area contributed by atoms with Gasteiger partial charge < -0.3 is 15.4 Å². The first-order valence-electron chi connectivity index (χ1n) is 3.58. The van der Waals surface area contributed by atoms with E-state index in [0.717, 1.165) is 0 Å². The summed E-state index contributed by atoms with van der Waals surface area (Å²) in [6.07, 6.45) is -0.972. The fourth-order valence-electron chi connectivity index (χ4n) is 1.44. The maximum Gasteiger partial charge on any atom is 0.315 e. The van der Waals surface area contributed by atoms with Gasteiger partial charge in [0.2, 0.25) is 6.36 Å². The number of ether oxygens (including phenoxy) is 1. The van der Waals surface area contributed by atoms with E-state index in [1.807, 2.05) is 0 Å². The van der Waals surface area contributed by atoms with Gasteiger partial charge in [0.15, 0.2) is 0 Å². The van der Waals surface area contributed by atoms with E-state index in [-0.39, 0.29) is 31.1 Å². The summed E-state index contributed by atoms with van der Waals surface area (Å²) in [6, 6.07) is -0.363. The average molecular weight is 160 g/mol. The number of nitrogens with one attached hydrogen (secondary N) is 2. The topological polar surface area (TPSA) is 50.4 Å². The molecule has 0 aromatic rings. The number of halogens is 1. The Labute approximate surface area is 63.1 Å². The van der Waals surface area contributed by atoms with Crippen molar-refractivity contribution < 1.29 is 13.9 Å². The Morgan fingerprint density at radius 2 is 2.18 bits per heavy atom. The van der Waals surface area contributed by atoms with Crippen molar-refractivity contribution in [2.45, 2.75) is 24.9 Å². The molecule has 3 atom stereocenters. The lowest BCUT2D eigenvalue weighted by Gasteiger charge is -2.26. The number of urea groups is 1. The molecule has 2 amide bonds. The molecule has 0 aromatic carbocycles. The predicted molar refractivity (Wildman–Crippen MR) is 34.7 cm³/mol. The zero-order chi connectivity index (χ0) is 7.84. The Balaban J connectivity index is 2.02. The standard InChI is InChI=1S/C6H9FN2O2/c7-5-1-3-4(2-11-5)9-6(10)8-3/h3-5H,1-2H2,(H2,8,9,10). The van der Waals surface area contributed by atoms with E-state index in [2.05, 4.69) is 10.6 Å². The number of hydrogen-bond donors (Lipinski definition) is 2. The van der Waals surface area contributed by atoms with E-state index in [1.165, 1.54) is 0 Å². The van der Waals surface area contributed by atoms with Gasteiger partial charge in [0.1, 0.15) is 0 Å². The van der Waals surface area contributed by atoms with Gasteiger partial charge in [0.05, 0.1) is 18.7 Å². The lowest BCUT2D eigenvalue weighted by molar-refractivity contribution is -0.0825. The van der Waals surface area contributed by atoms with Gasteiger partial charge in [0.25, 0.3) is 0 Å². The maximum atomic E-state index is 12.5. The molecule has 2 fully saturated rings. The van der Waals surface area contributed by atoms with E-state index < -0.39 is 6.36 Å². The van der Waals surface area contributed by atoms with Gasteiger partial charge in [-0.15, -0.1) is 0 Å². The van der Waals surface area contributed by atoms with Crippen LogP contribution in [0, 0.1) is 0 Å². The Morgan fingerprint density at radius 3 is 3.00 bits per heavy atom. The Morgan fingerprint density at radius 1 is 1.45 bits per heavy atom. The van der Waals surface area contributed by atoms with Crippen LogP contribution in [0.3, 0.4) is 0 Å². The van der Waals surface area contributed by atoms with Crippen molar-refractivity contribution >= 4 is 6.03 Å². The molecule has 2 rings (SSSR count). The smallest absolute Gasteiger partial charge is 0.315 e. The number of fused-ring (bicyclic) bond motifs is 1. The first-order chi connectivity index (χ1) is 5.25. The number of rotatable bonds is 0. The van der Waals surface area contributed by atoms with E-state index >= 15 is 0 Å². The highest BCUT2D eigenvalue weighted by Crippen LogP contribution is 2.17. The molecule has 11 heavy (non-hydrogen) atoms. The highest BCUT2D eigenvalue weighted by molar-refractivity contribution is 5.77. The van der Waals surface area contributed by atoms with E-state index in [0.29, 0.717) is 0 Å². The molecule has 2 aliphatic heterocycles. The molecule has 2 heterocycles. The van der Waals surface area contributed by atoms with Crippen LogP contribution in [-0.4, -0.2) is 31.1 Å². The van der Waals surface area contributed by atoms with Crippen molar-refractivity contribution in [2.24, 2.45) is 0 Å². The maximum absolute atomic E-state index is 12.5. The summed E-state index contributed by atoms with van der Waals surface area (Å²) in [4.78, 5) is 10.7. The lowest BCUT2D eigenvalue weighted by atomic mass is 10.1. The van der Waals surface area contributed by atoms with Crippen molar-refractivity contribution in [1.29, 1.82) is 0 Å². The molecule has 3 unspecified atom stereocenters. The van der Waals surface area contributed by atoms with Crippen molar-refractivity contribution in [3.63, 3.8) is 0 Å². The minimum Gasteiger partial charge on any atom is -0.346 e. The Kier molecular flexibility index (Phi) is 1.45. The second kappa shape index (κ2) is 2.34. The molecule has 2 aliphatic rings. The normalized spacial score (nSPS) is 42.6. The summed E-state index contributed by atoms with van der Waals surface area (Å²) in [5.74, 6) is 0. The Bertz CT molecular complexity index is 187. The fourth-order valence-corrected chi connectivity index (χ4v) is 1.44. The average Bonchev–Trinajstić information content (AvgIpc) is 2.27. The molecule has 0 saturated carbocycles. The van der Waals surface area contributed by atoms with Crippen LogP contribution in [0.1, 0.15) is 6.42 Å². The van der Waals surface area contributed by atoms with Crippen LogP contribution in [0.4, 0.5) is 9.18 Å². The lowest BCUT2D eigenvalue weighted by Crippen LogP contribution is -2.44. The van der Waals surface area contributed by atoms with Gasteiger partial charge in [-0.25, -0.2) is 9.18 Å². The van der Waals surface area contributed by atoms with Crippen molar-refractivity contribution in [2.75, 3.05) is 6.61 Å². The van der Waals surface area contributed by atoms with Gasteiger partial charge in [-0.1, -0.05) is 0 Å². The molecule has 2 N–H and O–H groups in total. The predicted octanol–water partition coefficient (Wildman–Crippen LogP) is -0.248. The second-order valence-corrected chi connectivity index (χ2v) is 2.81. The van der Waals surface area contributed by atoms with Crippen LogP contribution < -0.4 is 10.6 Å². The summed E-state index contributed by atoms with van der Waals surface area (Å²) in [6.45, 7) is 0.268. The molecule has 0 aliphatic carbocycles. The number of alkyl halides is 1. The second-order valence-electron chi connectivity index (χ2n) is 2.81. The van der Waals surface area contributed by atoms with E-state index in [1.54, 1.807) is 0 Å². The van der Waals surface area contributed by atoms with Gasteiger partial charge in [-0.3, -0.25) is 0 Å². The monoisotopic (exact) mass is 160 g/mol. The van der Waals surface area contributed by atoms with E-state index in [4.69, 9.17) is 4.74 Å². The molecular formula is C6H9FN2O2. The molecular weight excluding hydrogens is 151 g/mol. The van der Waals surface area contributed by atoms with Gasteiger partial charge in [-0.05, 0) is 0 Å². The van der Waals surface area contributed by atoms with Crippen LogP contribution in [0.25, 0.3) is 0 Å². The number of carbonyl (C=O) groups is 1. The van der Waals surface area contributed by atoms with E-state index in [9.17, 15) is 9.18 Å². The van der Waals surface area contributed by atoms with Crippen LogP contribution in [0.5, 0.6) is 0 Å². The molecule has 5 heteroatoms. The van der Waals surface area contributed by atoms with Crippen LogP contribution in [0.2, 0.25) is 0 Å². The van der Waals surface area contributed by atoms with Gasteiger partial charge >= 0.3 is 6.03 Å². The summed E-state index contributed by atoms with van der Waals surface area (Å²) in [5.41, 5.74) is 0. The third-order valence-electron chi connectivity index (χ3n) is 2.01. The molecule has 62 valence electrons. The summed E-state index contributed by atoms with van der Waals surface area (Å²) < 4.78 is 17.3. The third kappa shape index (κ3) is 1.16. The minimum absolute atomic E-state index is 0.0468. The molecule has 0 bridgehead atoms. The molecule has 2 saturated heterocycles. The largest absolute Gasteiger partial charge is 0.346 e.